The molecule has 1 unspecified atom stereocenters. The Hall–Kier alpha value is -1.47. The smallest absolute Gasteiger partial charge is 0.405 e. The number of hydrogen-bond acceptors (Lipinski definition) is 3. The lowest BCUT2D eigenvalue weighted by atomic mass is 10.1. The third kappa shape index (κ3) is 5.66. The molecule has 0 aromatic heterocycles. The summed E-state index contributed by atoms with van der Waals surface area (Å²) in [4.78, 5) is 11.2. The van der Waals surface area contributed by atoms with Crippen LogP contribution in [0.15, 0.2) is 18.2 Å². The Balaban J connectivity index is 2.51. The highest BCUT2D eigenvalue weighted by Gasteiger charge is 2.27. The lowest BCUT2D eigenvalue weighted by Gasteiger charge is -2.12. The first-order chi connectivity index (χ1) is 9.19. The largest absolute Gasteiger partial charge is 0.482 e. The number of rotatable bonds is 5. The van der Waals surface area contributed by atoms with Crippen LogP contribution < -0.4 is 15.8 Å². The van der Waals surface area contributed by atoms with E-state index in [1.165, 1.54) is 6.07 Å². The van der Waals surface area contributed by atoms with E-state index in [4.69, 9.17) is 22.1 Å². The van der Waals surface area contributed by atoms with Gasteiger partial charge in [-0.1, -0.05) is 17.7 Å². The van der Waals surface area contributed by atoms with E-state index in [1.807, 2.05) is 0 Å². The number of carbonyl (C=O) groups excluding carboxylic acids is 1. The van der Waals surface area contributed by atoms with Crippen LogP contribution in [-0.2, 0) is 4.79 Å². The second kappa shape index (κ2) is 6.81. The van der Waals surface area contributed by atoms with Crippen molar-refractivity contribution < 1.29 is 22.7 Å². The van der Waals surface area contributed by atoms with Crippen molar-refractivity contribution in [2.75, 3.05) is 13.2 Å². The SMILES string of the molecule is CC(N)c1ccc(OCC(=O)NCC(F)(F)F)c(Cl)c1. The van der Waals surface area contributed by atoms with E-state index < -0.39 is 25.2 Å². The topological polar surface area (TPSA) is 64.3 Å². The Morgan fingerprint density at radius 1 is 1.50 bits per heavy atom. The summed E-state index contributed by atoms with van der Waals surface area (Å²) in [5.41, 5.74) is 6.45. The number of nitrogens with two attached hydrogens (primary N) is 1. The van der Waals surface area contributed by atoms with Gasteiger partial charge in [0.05, 0.1) is 5.02 Å². The molecule has 0 aliphatic carbocycles. The van der Waals surface area contributed by atoms with E-state index in [9.17, 15) is 18.0 Å². The molecule has 0 aliphatic heterocycles. The van der Waals surface area contributed by atoms with E-state index in [0.29, 0.717) is 0 Å². The van der Waals surface area contributed by atoms with Gasteiger partial charge in [-0.2, -0.15) is 13.2 Å². The van der Waals surface area contributed by atoms with Crippen molar-refractivity contribution >= 4 is 17.5 Å². The van der Waals surface area contributed by atoms with Crippen molar-refractivity contribution in [1.82, 2.24) is 5.32 Å². The minimum Gasteiger partial charge on any atom is -0.482 e. The molecule has 0 saturated carbocycles. The molecule has 0 bridgehead atoms. The quantitative estimate of drug-likeness (QED) is 0.878. The van der Waals surface area contributed by atoms with E-state index >= 15 is 0 Å². The molecule has 1 atom stereocenters. The summed E-state index contributed by atoms with van der Waals surface area (Å²) in [6, 6.07) is 4.55. The van der Waals surface area contributed by atoms with E-state index in [0.717, 1.165) is 5.56 Å². The molecular formula is C12H14ClF3N2O2. The van der Waals surface area contributed by atoms with E-state index in [2.05, 4.69) is 0 Å². The second-order valence-electron chi connectivity index (χ2n) is 4.16. The van der Waals surface area contributed by atoms with Crippen LogP contribution in [0.25, 0.3) is 0 Å². The minimum atomic E-state index is -4.45. The van der Waals surface area contributed by atoms with Gasteiger partial charge in [0.25, 0.3) is 5.91 Å². The average molecular weight is 311 g/mol. The Kier molecular flexibility index (Phi) is 5.64. The standard InChI is InChI=1S/C12H14ClF3N2O2/c1-7(17)8-2-3-10(9(13)4-8)20-5-11(19)18-6-12(14,15)16/h2-4,7H,5-6,17H2,1H3,(H,18,19). The van der Waals surface area contributed by atoms with Gasteiger partial charge in [-0.25, -0.2) is 0 Å². The fourth-order valence-corrected chi connectivity index (χ4v) is 1.55. The van der Waals surface area contributed by atoms with Crippen LogP contribution in [0.1, 0.15) is 18.5 Å². The van der Waals surface area contributed by atoms with Crippen LogP contribution in [0.5, 0.6) is 5.75 Å². The van der Waals surface area contributed by atoms with Gasteiger partial charge >= 0.3 is 6.18 Å². The predicted molar refractivity (Wildman–Crippen MR) is 68.6 cm³/mol. The molecule has 1 aromatic rings. The Morgan fingerprint density at radius 2 is 2.15 bits per heavy atom. The first-order valence-corrected chi connectivity index (χ1v) is 6.08. The molecule has 0 fully saturated rings. The number of benzene rings is 1. The summed E-state index contributed by atoms with van der Waals surface area (Å²) in [6.45, 7) is -0.170. The van der Waals surface area contributed by atoms with Gasteiger partial charge in [0.15, 0.2) is 6.61 Å². The fraction of sp³-hybridized carbons (Fsp3) is 0.417. The van der Waals surface area contributed by atoms with Crippen LogP contribution in [0.2, 0.25) is 5.02 Å². The summed E-state index contributed by atoms with van der Waals surface area (Å²) in [5, 5.41) is 1.93. The van der Waals surface area contributed by atoms with Gasteiger partial charge in [0, 0.05) is 6.04 Å². The molecule has 1 amide bonds. The zero-order valence-electron chi connectivity index (χ0n) is 10.6. The molecule has 0 aliphatic rings. The van der Waals surface area contributed by atoms with Crippen LogP contribution >= 0.6 is 11.6 Å². The highest BCUT2D eigenvalue weighted by Crippen LogP contribution is 2.27. The molecule has 3 N–H and O–H groups in total. The zero-order chi connectivity index (χ0) is 15.3. The maximum atomic E-state index is 11.9. The van der Waals surface area contributed by atoms with Crippen molar-refractivity contribution in [3.05, 3.63) is 28.8 Å². The summed E-state index contributed by atoms with van der Waals surface area (Å²) in [5.74, 6) is -0.673. The van der Waals surface area contributed by atoms with Gasteiger partial charge in [-0.3, -0.25) is 4.79 Å². The number of halogens is 4. The average Bonchev–Trinajstić information content (AvgIpc) is 2.33. The zero-order valence-corrected chi connectivity index (χ0v) is 11.4. The monoisotopic (exact) mass is 310 g/mol. The molecule has 20 heavy (non-hydrogen) atoms. The Bertz CT molecular complexity index is 478. The second-order valence-corrected chi connectivity index (χ2v) is 4.57. The van der Waals surface area contributed by atoms with Crippen LogP contribution in [0.3, 0.4) is 0 Å². The van der Waals surface area contributed by atoms with Crippen molar-refractivity contribution in [1.29, 1.82) is 0 Å². The first kappa shape index (κ1) is 16.6. The molecule has 0 spiro atoms. The number of amides is 1. The molecule has 0 radical (unpaired) electrons. The Morgan fingerprint density at radius 3 is 2.65 bits per heavy atom. The highest BCUT2D eigenvalue weighted by atomic mass is 35.5. The number of ether oxygens (including phenoxy) is 1. The number of carbonyl (C=O) groups is 1. The molecule has 0 heterocycles. The van der Waals surface area contributed by atoms with Gasteiger partial charge in [0.1, 0.15) is 12.3 Å². The molecular weight excluding hydrogens is 297 g/mol. The molecule has 8 heteroatoms. The highest BCUT2D eigenvalue weighted by molar-refractivity contribution is 6.32. The summed E-state index contributed by atoms with van der Waals surface area (Å²) in [6.07, 6.45) is -4.45. The normalized spacial score (nSPS) is 12.9. The predicted octanol–water partition coefficient (Wildman–Crippen LogP) is 2.42. The fourth-order valence-electron chi connectivity index (χ4n) is 1.31. The lowest BCUT2D eigenvalue weighted by Crippen LogP contribution is -2.36. The van der Waals surface area contributed by atoms with Crippen molar-refractivity contribution in [2.24, 2.45) is 5.73 Å². The number of nitrogens with one attached hydrogen (secondary N) is 1. The van der Waals surface area contributed by atoms with Crippen LogP contribution in [-0.4, -0.2) is 25.2 Å². The number of hydrogen-bond donors (Lipinski definition) is 2. The maximum Gasteiger partial charge on any atom is 0.405 e. The summed E-state index contributed by atoms with van der Waals surface area (Å²) < 4.78 is 40.7. The van der Waals surface area contributed by atoms with Gasteiger partial charge in [-0.15, -0.1) is 0 Å². The minimum absolute atomic E-state index is 0.207. The third-order valence-corrected chi connectivity index (χ3v) is 2.62. The summed E-state index contributed by atoms with van der Waals surface area (Å²) in [7, 11) is 0. The van der Waals surface area contributed by atoms with Gasteiger partial charge < -0.3 is 15.8 Å². The van der Waals surface area contributed by atoms with Gasteiger partial charge in [0.2, 0.25) is 0 Å². The summed E-state index contributed by atoms with van der Waals surface area (Å²) >= 11 is 5.91. The first-order valence-electron chi connectivity index (χ1n) is 5.70. The van der Waals surface area contributed by atoms with Crippen LogP contribution in [0, 0.1) is 0 Å². The molecule has 112 valence electrons. The van der Waals surface area contributed by atoms with Crippen LogP contribution in [0.4, 0.5) is 13.2 Å². The van der Waals surface area contributed by atoms with Crippen molar-refractivity contribution in [2.45, 2.75) is 19.1 Å². The molecule has 1 aromatic carbocycles. The molecule has 1 rings (SSSR count). The molecule has 4 nitrogen and oxygen atoms in total. The maximum absolute atomic E-state index is 11.9. The Labute approximate surface area is 119 Å². The van der Waals surface area contributed by atoms with Crippen molar-refractivity contribution in [3.63, 3.8) is 0 Å². The van der Waals surface area contributed by atoms with Gasteiger partial charge in [-0.05, 0) is 24.6 Å². The van der Waals surface area contributed by atoms with Crippen molar-refractivity contribution in [3.8, 4) is 5.75 Å². The third-order valence-electron chi connectivity index (χ3n) is 2.33. The molecule has 0 saturated heterocycles. The number of alkyl halides is 3. The van der Waals surface area contributed by atoms with E-state index in [-0.39, 0.29) is 16.8 Å². The lowest BCUT2D eigenvalue weighted by molar-refractivity contribution is -0.139. The van der Waals surface area contributed by atoms with E-state index in [1.54, 1.807) is 24.4 Å².